The molecule has 1 fully saturated rings. The second-order valence-electron chi connectivity index (χ2n) is 6.99. The van der Waals surface area contributed by atoms with Gasteiger partial charge in [0.25, 0.3) is 0 Å². The van der Waals surface area contributed by atoms with Crippen LogP contribution in [0.4, 0.5) is 5.95 Å². The Bertz CT molecular complexity index is 1120. The zero-order chi connectivity index (χ0) is 18.6. The highest BCUT2D eigenvalue weighted by Crippen LogP contribution is 2.44. The van der Waals surface area contributed by atoms with Crippen LogP contribution in [-0.4, -0.2) is 44.0 Å². The van der Waals surface area contributed by atoms with Gasteiger partial charge in [0.05, 0.1) is 11.1 Å². The number of pyridine rings is 1. The van der Waals surface area contributed by atoms with Gasteiger partial charge in [-0.05, 0) is 40.9 Å². The molecule has 1 aliphatic heterocycles. The molecule has 0 bridgehead atoms. The molecule has 4 heterocycles. The first-order valence-corrected chi connectivity index (χ1v) is 9.46. The molecule has 0 amide bonds. The summed E-state index contributed by atoms with van der Waals surface area (Å²) in [4.78, 5) is 28.3. The van der Waals surface area contributed by atoms with Crippen LogP contribution in [0.1, 0.15) is 34.6 Å². The van der Waals surface area contributed by atoms with Crippen LogP contribution in [0.25, 0.3) is 11.0 Å². The molecule has 0 radical (unpaired) electrons. The van der Waals surface area contributed by atoms with Crippen LogP contribution < -0.4 is 4.90 Å². The molecular weight excluding hydrogens is 410 g/mol. The summed E-state index contributed by atoms with van der Waals surface area (Å²) in [5.74, 6) is 0.685. The van der Waals surface area contributed by atoms with E-state index in [1.807, 2.05) is 17.0 Å². The summed E-state index contributed by atoms with van der Waals surface area (Å²) in [6.45, 7) is 1.31. The fourth-order valence-electron chi connectivity index (χ4n) is 4.11. The van der Waals surface area contributed by atoms with Gasteiger partial charge in [0.1, 0.15) is 10.7 Å². The van der Waals surface area contributed by atoms with Gasteiger partial charge in [0.15, 0.2) is 17.1 Å². The zero-order valence-corrected chi connectivity index (χ0v) is 15.8. The number of aromatic amines is 1. The first kappa shape index (κ1) is 16.3. The lowest BCUT2D eigenvalue weighted by molar-refractivity contribution is 0.0774. The third-order valence-electron chi connectivity index (χ3n) is 5.59. The maximum Gasteiger partial charge on any atom is 0.228 e. The molecule has 3 aromatic heterocycles. The molecule has 134 valence electrons. The van der Waals surface area contributed by atoms with E-state index in [1.54, 1.807) is 6.20 Å². The lowest BCUT2D eigenvalue weighted by atomic mass is 9.75. The first-order chi connectivity index (χ1) is 13.1. The zero-order valence-electron chi connectivity index (χ0n) is 14.2. The SMILES string of the molecule is N#Cc1nc(N2CCC3(CC2)Cc2ncccc2C3=O)nc2n[nH]c(Br)c12. The number of piperidine rings is 1. The molecule has 5 rings (SSSR count). The van der Waals surface area contributed by atoms with Gasteiger partial charge >= 0.3 is 0 Å². The van der Waals surface area contributed by atoms with Crippen LogP contribution >= 0.6 is 15.9 Å². The Hall–Kier alpha value is -2.86. The number of halogens is 1. The third kappa shape index (κ3) is 2.36. The predicted molar refractivity (Wildman–Crippen MR) is 100 cm³/mol. The van der Waals surface area contributed by atoms with Crippen molar-refractivity contribution in [2.75, 3.05) is 18.0 Å². The number of H-pyrrole nitrogens is 1. The van der Waals surface area contributed by atoms with Crippen LogP contribution in [0, 0.1) is 16.7 Å². The van der Waals surface area contributed by atoms with E-state index in [1.165, 1.54) is 0 Å². The van der Waals surface area contributed by atoms with E-state index in [-0.39, 0.29) is 16.9 Å². The molecule has 0 saturated carbocycles. The summed E-state index contributed by atoms with van der Waals surface area (Å²) in [7, 11) is 0. The minimum atomic E-state index is -0.370. The molecule has 8 nitrogen and oxygen atoms in total. The summed E-state index contributed by atoms with van der Waals surface area (Å²) in [6.07, 6.45) is 3.88. The Morgan fingerprint density at radius 3 is 2.85 bits per heavy atom. The standard InChI is InChI=1S/C18H14BrN7O/c19-15-13-12(9-20)22-17(23-16(13)25-24-15)26-6-3-18(4-7-26)8-11-10(14(18)27)2-1-5-21-11/h1-2,5H,3-4,6-8H2,(H,22,23,24,25). The number of aromatic nitrogens is 5. The third-order valence-corrected chi connectivity index (χ3v) is 6.16. The smallest absolute Gasteiger partial charge is 0.228 e. The number of rotatable bonds is 1. The van der Waals surface area contributed by atoms with E-state index >= 15 is 0 Å². The average molecular weight is 424 g/mol. The minimum Gasteiger partial charge on any atom is -0.341 e. The van der Waals surface area contributed by atoms with Crippen LogP contribution in [-0.2, 0) is 6.42 Å². The molecular formula is C18H14BrN7O. The van der Waals surface area contributed by atoms with Gasteiger partial charge < -0.3 is 4.90 Å². The maximum atomic E-state index is 12.9. The molecule has 0 aromatic carbocycles. The molecule has 1 saturated heterocycles. The number of Topliss-reactive ketones (excluding diaryl/α,β-unsaturated/α-hetero) is 1. The van der Waals surface area contributed by atoms with Gasteiger partial charge in [0.2, 0.25) is 5.95 Å². The van der Waals surface area contributed by atoms with Gasteiger partial charge in [-0.25, -0.2) is 4.98 Å². The van der Waals surface area contributed by atoms with Crippen molar-refractivity contribution in [1.29, 1.82) is 5.26 Å². The summed E-state index contributed by atoms with van der Waals surface area (Å²) in [6, 6.07) is 5.81. The molecule has 0 atom stereocenters. The molecule has 1 aliphatic carbocycles. The number of carbonyl (C=O) groups excluding carboxylic acids is 1. The molecule has 3 aromatic rings. The molecule has 9 heteroatoms. The Labute approximate surface area is 162 Å². The highest BCUT2D eigenvalue weighted by Gasteiger charge is 2.48. The van der Waals surface area contributed by atoms with E-state index in [2.05, 4.69) is 47.1 Å². The number of anilines is 1. The first-order valence-electron chi connectivity index (χ1n) is 8.67. The molecule has 0 unspecified atom stereocenters. The average Bonchev–Trinajstić information content (AvgIpc) is 3.20. The highest BCUT2D eigenvalue weighted by atomic mass is 79.9. The number of hydrogen-bond acceptors (Lipinski definition) is 7. The van der Waals surface area contributed by atoms with Crippen LogP contribution in [0.15, 0.2) is 22.9 Å². The largest absolute Gasteiger partial charge is 0.341 e. The minimum absolute atomic E-state index is 0.204. The van der Waals surface area contributed by atoms with Crippen molar-refractivity contribution in [2.45, 2.75) is 19.3 Å². The Morgan fingerprint density at radius 2 is 2.11 bits per heavy atom. The molecule has 1 N–H and O–H groups in total. The van der Waals surface area contributed by atoms with Gasteiger partial charge in [0, 0.05) is 36.7 Å². The fraction of sp³-hybridized carbons (Fsp3) is 0.333. The van der Waals surface area contributed by atoms with E-state index in [4.69, 9.17) is 0 Å². The predicted octanol–water partition coefficient (Wildman–Crippen LogP) is 2.41. The van der Waals surface area contributed by atoms with E-state index in [0.717, 1.165) is 24.1 Å². The van der Waals surface area contributed by atoms with Crippen molar-refractivity contribution in [3.05, 3.63) is 39.9 Å². The molecule has 27 heavy (non-hydrogen) atoms. The number of nitrogens with one attached hydrogen (secondary N) is 1. The van der Waals surface area contributed by atoms with Crippen molar-refractivity contribution in [3.63, 3.8) is 0 Å². The summed E-state index contributed by atoms with van der Waals surface area (Å²) >= 11 is 3.33. The van der Waals surface area contributed by atoms with E-state index in [0.29, 0.717) is 41.1 Å². The number of nitriles is 1. The van der Waals surface area contributed by atoms with Gasteiger partial charge in [-0.1, -0.05) is 0 Å². The maximum absolute atomic E-state index is 12.9. The summed E-state index contributed by atoms with van der Waals surface area (Å²) < 4.78 is 0.597. The summed E-state index contributed by atoms with van der Waals surface area (Å²) in [5, 5.41) is 16.9. The van der Waals surface area contributed by atoms with Crippen molar-refractivity contribution >= 4 is 38.7 Å². The topological polar surface area (TPSA) is 111 Å². The normalized spacial score (nSPS) is 18.1. The Balaban J connectivity index is 1.43. The number of ketones is 1. The van der Waals surface area contributed by atoms with Crippen LogP contribution in [0.3, 0.4) is 0 Å². The van der Waals surface area contributed by atoms with Crippen LogP contribution in [0.5, 0.6) is 0 Å². The van der Waals surface area contributed by atoms with Crippen LogP contribution in [0.2, 0.25) is 0 Å². The Morgan fingerprint density at radius 1 is 1.30 bits per heavy atom. The molecule has 1 spiro atoms. The van der Waals surface area contributed by atoms with Crippen molar-refractivity contribution in [1.82, 2.24) is 25.1 Å². The highest BCUT2D eigenvalue weighted by molar-refractivity contribution is 9.10. The van der Waals surface area contributed by atoms with E-state index in [9.17, 15) is 10.1 Å². The number of hydrogen-bond donors (Lipinski definition) is 1. The van der Waals surface area contributed by atoms with Crippen molar-refractivity contribution in [3.8, 4) is 6.07 Å². The number of carbonyl (C=O) groups is 1. The van der Waals surface area contributed by atoms with Crippen molar-refractivity contribution in [2.24, 2.45) is 5.41 Å². The monoisotopic (exact) mass is 423 g/mol. The van der Waals surface area contributed by atoms with E-state index < -0.39 is 0 Å². The molecule has 2 aliphatic rings. The number of nitrogens with zero attached hydrogens (tertiary/aromatic N) is 6. The lowest BCUT2D eigenvalue weighted by Crippen LogP contribution is -2.44. The second-order valence-corrected chi connectivity index (χ2v) is 7.78. The van der Waals surface area contributed by atoms with Gasteiger partial charge in [-0.3, -0.25) is 14.9 Å². The van der Waals surface area contributed by atoms with Gasteiger partial charge in [-0.15, -0.1) is 0 Å². The summed E-state index contributed by atoms with van der Waals surface area (Å²) in [5.41, 5.74) is 2.03. The fourth-order valence-corrected chi connectivity index (χ4v) is 4.57. The lowest BCUT2D eigenvalue weighted by Gasteiger charge is -2.37. The quantitative estimate of drug-likeness (QED) is 0.639. The second kappa shape index (κ2) is 5.82. The van der Waals surface area contributed by atoms with Gasteiger partial charge in [-0.2, -0.15) is 15.3 Å². The van der Waals surface area contributed by atoms with Crippen molar-refractivity contribution < 1.29 is 4.79 Å². The Kier molecular flexibility index (Phi) is 3.52. The number of fused-ring (bicyclic) bond motifs is 2.